The molecule has 130 valence electrons. The van der Waals surface area contributed by atoms with E-state index in [2.05, 4.69) is 20.7 Å². The first-order valence-corrected chi connectivity index (χ1v) is 8.10. The summed E-state index contributed by atoms with van der Waals surface area (Å²) in [7, 11) is 1.63. The number of ether oxygens (including phenoxy) is 2. The van der Waals surface area contributed by atoms with Crippen molar-refractivity contribution in [2.75, 3.05) is 32.1 Å². The fourth-order valence-corrected chi connectivity index (χ4v) is 2.16. The number of nitrogens with zero attached hydrogens (tertiary/aromatic N) is 3. The molecule has 24 heavy (non-hydrogen) atoms. The number of rotatable bonds is 8. The molecule has 1 aromatic carbocycles. The molecule has 0 aliphatic carbocycles. The summed E-state index contributed by atoms with van der Waals surface area (Å²) in [6.45, 7) is 6.70. The average Bonchev–Trinajstić information content (AvgIpc) is 3.09. The molecule has 7 nitrogen and oxygen atoms in total. The molecular formula is C17H25N5O2. The monoisotopic (exact) mass is 331 g/mol. The van der Waals surface area contributed by atoms with Crippen molar-refractivity contribution in [1.82, 2.24) is 15.1 Å². The summed E-state index contributed by atoms with van der Waals surface area (Å²) in [5.41, 5.74) is 0.887. The Labute approximate surface area is 142 Å². The van der Waals surface area contributed by atoms with Crippen LogP contribution in [0.3, 0.4) is 0 Å². The van der Waals surface area contributed by atoms with Gasteiger partial charge in [-0.05, 0) is 32.0 Å². The van der Waals surface area contributed by atoms with E-state index in [-0.39, 0.29) is 0 Å². The molecule has 2 rings (SSSR count). The number of hydrogen-bond acceptors (Lipinski definition) is 4. The maximum atomic E-state index is 5.60. The van der Waals surface area contributed by atoms with Crippen molar-refractivity contribution < 1.29 is 9.47 Å². The van der Waals surface area contributed by atoms with Gasteiger partial charge in [-0.15, -0.1) is 0 Å². The third kappa shape index (κ3) is 5.19. The Morgan fingerprint density at radius 2 is 2.17 bits per heavy atom. The van der Waals surface area contributed by atoms with Gasteiger partial charge in [0, 0.05) is 30.7 Å². The lowest BCUT2D eigenvalue weighted by atomic mass is 10.2. The third-order valence-electron chi connectivity index (χ3n) is 3.23. The Hall–Kier alpha value is -2.70. The summed E-state index contributed by atoms with van der Waals surface area (Å²) >= 11 is 0. The quantitative estimate of drug-likeness (QED) is 0.574. The summed E-state index contributed by atoms with van der Waals surface area (Å²) in [5, 5.41) is 10.7. The van der Waals surface area contributed by atoms with Crippen LogP contribution in [-0.2, 0) is 6.54 Å². The first-order valence-electron chi connectivity index (χ1n) is 8.10. The van der Waals surface area contributed by atoms with Crippen LogP contribution in [0.2, 0.25) is 0 Å². The molecule has 0 radical (unpaired) electrons. The highest BCUT2D eigenvalue weighted by molar-refractivity contribution is 5.93. The van der Waals surface area contributed by atoms with Crippen molar-refractivity contribution in [2.45, 2.75) is 20.4 Å². The Bertz CT molecular complexity index is 640. The minimum absolute atomic E-state index is 0.581. The van der Waals surface area contributed by atoms with Gasteiger partial charge in [0.2, 0.25) is 0 Å². The van der Waals surface area contributed by atoms with Crippen molar-refractivity contribution in [2.24, 2.45) is 4.99 Å². The fourth-order valence-electron chi connectivity index (χ4n) is 2.16. The molecule has 0 saturated carbocycles. The van der Waals surface area contributed by atoms with Crippen LogP contribution >= 0.6 is 0 Å². The maximum Gasteiger partial charge on any atom is 0.195 e. The summed E-state index contributed by atoms with van der Waals surface area (Å²) < 4.78 is 12.8. The van der Waals surface area contributed by atoms with Gasteiger partial charge >= 0.3 is 0 Å². The van der Waals surface area contributed by atoms with Gasteiger partial charge in [-0.25, -0.2) is 0 Å². The van der Waals surface area contributed by atoms with E-state index in [4.69, 9.17) is 9.47 Å². The molecule has 0 spiro atoms. The number of aromatic nitrogens is 2. The van der Waals surface area contributed by atoms with Crippen LogP contribution in [0.1, 0.15) is 13.8 Å². The smallest absolute Gasteiger partial charge is 0.195 e. The molecule has 2 N–H and O–H groups in total. The fraction of sp³-hybridized carbons (Fsp3) is 0.412. The van der Waals surface area contributed by atoms with Gasteiger partial charge in [-0.1, -0.05) is 0 Å². The molecule has 2 aromatic rings. The Morgan fingerprint density at radius 1 is 1.29 bits per heavy atom. The third-order valence-corrected chi connectivity index (χ3v) is 3.23. The van der Waals surface area contributed by atoms with Crippen molar-refractivity contribution in [3.8, 4) is 11.5 Å². The minimum atomic E-state index is 0.581. The van der Waals surface area contributed by atoms with Crippen molar-refractivity contribution >= 4 is 11.6 Å². The van der Waals surface area contributed by atoms with Gasteiger partial charge in [0.05, 0.1) is 26.8 Å². The van der Waals surface area contributed by atoms with Gasteiger partial charge in [0.25, 0.3) is 0 Å². The highest BCUT2D eigenvalue weighted by Gasteiger charge is 2.07. The second-order valence-corrected chi connectivity index (χ2v) is 4.95. The molecular weight excluding hydrogens is 306 g/mol. The van der Waals surface area contributed by atoms with Crippen LogP contribution in [0, 0.1) is 0 Å². The second-order valence-electron chi connectivity index (χ2n) is 4.95. The summed E-state index contributed by atoms with van der Waals surface area (Å²) in [6, 6.07) is 7.62. The van der Waals surface area contributed by atoms with Crippen LogP contribution in [-0.4, -0.2) is 42.5 Å². The maximum absolute atomic E-state index is 5.60. The molecule has 0 fully saturated rings. The first-order chi connectivity index (χ1) is 11.8. The van der Waals surface area contributed by atoms with Crippen LogP contribution in [0.4, 0.5) is 5.69 Å². The lowest BCUT2D eigenvalue weighted by Crippen LogP contribution is -2.31. The van der Waals surface area contributed by atoms with E-state index in [0.717, 1.165) is 24.7 Å². The summed E-state index contributed by atoms with van der Waals surface area (Å²) in [4.78, 5) is 4.56. The Kier molecular flexibility index (Phi) is 6.94. The van der Waals surface area contributed by atoms with Crippen LogP contribution in [0.25, 0.3) is 0 Å². The summed E-state index contributed by atoms with van der Waals surface area (Å²) in [5.74, 6) is 2.14. The van der Waals surface area contributed by atoms with Crippen molar-refractivity contribution in [1.29, 1.82) is 0 Å². The Balaban J connectivity index is 2.04. The normalized spacial score (nSPS) is 11.2. The molecule has 0 bridgehead atoms. The van der Waals surface area contributed by atoms with E-state index >= 15 is 0 Å². The van der Waals surface area contributed by atoms with Crippen molar-refractivity contribution in [3.05, 3.63) is 36.7 Å². The molecule has 0 aliphatic rings. The number of methoxy groups -OCH3 is 1. The Morgan fingerprint density at radius 3 is 2.83 bits per heavy atom. The minimum Gasteiger partial charge on any atom is -0.493 e. The van der Waals surface area contributed by atoms with Gasteiger partial charge in [-0.2, -0.15) is 5.10 Å². The number of aliphatic imine (C=N–C) groups is 1. The van der Waals surface area contributed by atoms with E-state index in [1.807, 2.05) is 49.0 Å². The van der Waals surface area contributed by atoms with Gasteiger partial charge in [0.15, 0.2) is 17.5 Å². The average molecular weight is 331 g/mol. The van der Waals surface area contributed by atoms with E-state index in [9.17, 15) is 0 Å². The second kappa shape index (κ2) is 9.44. The zero-order valence-corrected chi connectivity index (χ0v) is 14.5. The molecule has 1 aromatic heterocycles. The number of guanidine groups is 1. The van der Waals surface area contributed by atoms with Gasteiger partial charge in [-0.3, -0.25) is 9.67 Å². The molecule has 0 unspecified atom stereocenters. The highest BCUT2D eigenvalue weighted by atomic mass is 16.5. The van der Waals surface area contributed by atoms with E-state index in [0.29, 0.717) is 24.7 Å². The standard InChI is InChI=1S/C17H25N5O2/c1-4-18-17(19-10-12-22-11-6-9-20-22)21-14-7-8-15(23-3)16(13-14)24-5-2/h6-9,11,13H,4-5,10,12H2,1-3H3,(H2,18,19,21). The molecule has 0 aliphatic heterocycles. The van der Waals surface area contributed by atoms with E-state index < -0.39 is 0 Å². The van der Waals surface area contributed by atoms with Gasteiger partial charge < -0.3 is 20.1 Å². The first kappa shape index (κ1) is 17.7. The lowest BCUT2D eigenvalue weighted by Gasteiger charge is -2.14. The SMILES string of the molecule is CCNC(=NCCn1cccn1)Nc1ccc(OC)c(OCC)c1. The number of benzene rings is 1. The largest absolute Gasteiger partial charge is 0.493 e. The summed E-state index contributed by atoms with van der Waals surface area (Å²) in [6.07, 6.45) is 3.69. The molecule has 0 saturated heterocycles. The zero-order valence-electron chi connectivity index (χ0n) is 14.5. The van der Waals surface area contributed by atoms with E-state index in [1.54, 1.807) is 13.3 Å². The van der Waals surface area contributed by atoms with Crippen LogP contribution in [0.15, 0.2) is 41.7 Å². The van der Waals surface area contributed by atoms with E-state index in [1.165, 1.54) is 0 Å². The predicted molar refractivity (Wildman–Crippen MR) is 96.0 cm³/mol. The van der Waals surface area contributed by atoms with Gasteiger partial charge in [0.1, 0.15) is 0 Å². The lowest BCUT2D eigenvalue weighted by molar-refractivity contribution is 0.311. The topological polar surface area (TPSA) is 72.7 Å². The highest BCUT2D eigenvalue weighted by Crippen LogP contribution is 2.30. The number of anilines is 1. The van der Waals surface area contributed by atoms with Crippen LogP contribution in [0.5, 0.6) is 11.5 Å². The molecule has 1 heterocycles. The zero-order chi connectivity index (χ0) is 17.2. The predicted octanol–water partition coefficient (Wildman–Crippen LogP) is 2.37. The van der Waals surface area contributed by atoms with Crippen LogP contribution < -0.4 is 20.1 Å². The van der Waals surface area contributed by atoms with Crippen molar-refractivity contribution in [3.63, 3.8) is 0 Å². The number of nitrogens with one attached hydrogen (secondary N) is 2. The molecule has 0 amide bonds. The molecule has 7 heteroatoms. The number of hydrogen-bond donors (Lipinski definition) is 2. The molecule has 0 atom stereocenters.